The van der Waals surface area contributed by atoms with E-state index in [1.165, 1.54) is 0 Å². The summed E-state index contributed by atoms with van der Waals surface area (Å²) in [4.78, 5) is 15.1. The molecule has 62 valence electrons. The molecule has 0 bridgehead atoms. The van der Waals surface area contributed by atoms with E-state index in [1.54, 1.807) is 24.4 Å². The van der Waals surface area contributed by atoms with Crippen molar-refractivity contribution < 1.29 is 9.53 Å². The molecule has 1 aliphatic rings. The van der Waals surface area contributed by atoms with Gasteiger partial charge in [-0.15, -0.1) is 0 Å². The van der Waals surface area contributed by atoms with Gasteiger partial charge < -0.3 is 4.74 Å². The minimum atomic E-state index is -0.307. The fraction of sp³-hybridized carbons (Fsp3) is 0.333. The highest BCUT2D eigenvalue weighted by Crippen LogP contribution is 2.24. The van der Waals surface area contributed by atoms with Crippen molar-refractivity contribution in [1.82, 2.24) is 4.98 Å². The Labute approximate surface area is 70.4 Å². The molecular weight excluding hydrogens is 154 g/mol. The predicted octanol–water partition coefficient (Wildman–Crippen LogP) is 1.40. The van der Waals surface area contributed by atoms with Crippen LogP contribution < -0.4 is 0 Å². The average Bonchev–Trinajstić information content (AvgIpc) is 2.90. The third-order valence-electron chi connectivity index (χ3n) is 1.67. The minimum absolute atomic E-state index is 0.152. The van der Waals surface area contributed by atoms with Gasteiger partial charge in [-0.05, 0) is 25.0 Å². The number of aromatic nitrogens is 1. The molecule has 0 radical (unpaired) electrons. The summed E-state index contributed by atoms with van der Waals surface area (Å²) in [5.41, 5.74) is 0.393. The number of ether oxygens (including phenoxy) is 1. The Morgan fingerprint density at radius 2 is 2.33 bits per heavy atom. The molecule has 1 aromatic heterocycles. The van der Waals surface area contributed by atoms with E-state index in [1.807, 2.05) is 0 Å². The second-order valence-corrected chi connectivity index (χ2v) is 2.82. The molecule has 0 unspecified atom stereocenters. The molecule has 3 heteroatoms. The van der Waals surface area contributed by atoms with Crippen LogP contribution in [0.4, 0.5) is 0 Å². The molecule has 1 saturated carbocycles. The van der Waals surface area contributed by atoms with Crippen LogP contribution in [0.2, 0.25) is 0 Å². The molecule has 0 N–H and O–H groups in total. The largest absolute Gasteiger partial charge is 0.458 e. The highest BCUT2D eigenvalue weighted by molar-refractivity contribution is 5.87. The van der Waals surface area contributed by atoms with Gasteiger partial charge >= 0.3 is 5.97 Å². The molecule has 1 aliphatic carbocycles. The fourth-order valence-electron chi connectivity index (χ4n) is 0.881. The van der Waals surface area contributed by atoms with Gasteiger partial charge in [0.05, 0.1) is 0 Å². The van der Waals surface area contributed by atoms with Gasteiger partial charge in [0.25, 0.3) is 0 Å². The lowest BCUT2D eigenvalue weighted by atomic mass is 10.3. The smallest absolute Gasteiger partial charge is 0.357 e. The van der Waals surface area contributed by atoms with Crippen molar-refractivity contribution in [3.8, 4) is 0 Å². The number of carbonyl (C=O) groups is 1. The number of hydrogen-bond acceptors (Lipinski definition) is 3. The standard InChI is InChI=1S/C9H9NO2/c11-9(12-7-4-5-7)8-3-1-2-6-10-8/h1-3,6-7H,4-5H2. The van der Waals surface area contributed by atoms with Crippen molar-refractivity contribution in [1.29, 1.82) is 0 Å². The number of hydrogen-bond donors (Lipinski definition) is 0. The van der Waals surface area contributed by atoms with Crippen LogP contribution in [0.15, 0.2) is 24.4 Å². The van der Waals surface area contributed by atoms with Gasteiger partial charge in [-0.3, -0.25) is 0 Å². The fourth-order valence-corrected chi connectivity index (χ4v) is 0.881. The zero-order valence-corrected chi connectivity index (χ0v) is 6.56. The van der Waals surface area contributed by atoms with E-state index in [0.717, 1.165) is 12.8 Å². The summed E-state index contributed by atoms with van der Waals surface area (Å²) >= 11 is 0. The second kappa shape index (κ2) is 2.93. The van der Waals surface area contributed by atoms with Crippen LogP contribution in [-0.2, 0) is 4.74 Å². The SMILES string of the molecule is O=C(OC1CC1)c1ccccn1. The van der Waals surface area contributed by atoms with Crippen molar-refractivity contribution in [2.75, 3.05) is 0 Å². The monoisotopic (exact) mass is 163 g/mol. The summed E-state index contributed by atoms with van der Waals surface area (Å²) in [6, 6.07) is 5.20. The van der Waals surface area contributed by atoms with E-state index < -0.39 is 0 Å². The van der Waals surface area contributed by atoms with E-state index in [0.29, 0.717) is 5.69 Å². The Morgan fingerprint density at radius 1 is 1.50 bits per heavy atom. The van der Waals surface area contributed by atoms with Crippen molar-refractivity contribution in [2.24, 2.45) is 0 Å². The molecule has 0 saturated heterocycles. The zero-order chi connectivity index (χ0) is 8.39. The van der Waals surface area contributed by atoms with Crippen LogP contribution in [0.1, 0.15) is 23.3 Å². The highest BCUT2D eigenvalue weighted by Gasteiger charge is 2.26. The van der Waals surface area contributed by atoms with Gasteiger partial charge in [0.1, 0.15) is 11.8 Å². The van der Waals surface area contributed by atoms with Crippen molar-refractivity contribution in [2.45, 2.75) is 18.9 Å². The summed E-state index contributed by atoms with van der Waals surface area (Å²) in [7, 11) is 0. The first-order valence-corrected chi connectivity index (χ1v) is 3.98. The lowest BCUT2D eigenvalue weighted by molar-refractivity contribution is 0.0465. The zero-order valence-electron chi connectivity index (χ0n) is 6.56. The lowest BCUT2D eigenvalue weighted by Crippen LogP contribution is -2.07. The third-order valence-corrected chi connectivity index (χ3v) is 1.67. The van der Waals surface area contributed by atoms with Crippen LogP contribution >= 0.6 is 0 Å². The molecule has 1 fully saturated rings. The van der Waals surface area contributed by atoms with Gasteiger partial charge in [0, 0.05) is 6.20 Å². The number of pyridine rings is 1. The van der Waals surface area contributed by atoms with E-state index in [4.69, 9.17) is 4.74 Å². The number of esters is 1. The minimum Gasteiger partial charge on any atom is -0.458 e. The molecule has 1 aromatic rings. The van der Waals surface area contributed by atoms with Gasteiger partial charge in [0.2, 0.25) is 0 Å². The maximum absolute atomic E-state index is 11.2. The number of rotatable bonds is 2. The Morgan fingerprint density at radius 3 is 2.92 bits per heavy atom. The van der Waals surface area contributed by atoms with Gasteiger partial charge in [-0.2, -0.15) is 0 Å². The van der Waals surface area contributed by atoms with Crippen molar-refractivity contribution >= 4 is 5.97 Å². The number of nitrogens with zero attached hydrogens (tertiary/aromatic N) is 1. The quantitative estimate of drug-likeness (QED) is 0.618. The summed E-state index contributed by atoms with van der Waals surface area (Å²) in [5.74, 6) is -0.307. The first-order chi connectivity index (χ1) is 5.86. The first-order valence-electron chi connectivity index (χ1n) is 3.98. The Kier molecular flexibility index (Phi) is 1.78. The Bertz CT molecular complexity index is 280. The number of carbonyl (C=O) groups excluding carboxylic acids is 1. The molecule has 0 aliphatic heterocycles. The molecule has 2 rings (SSSR count). The Balaban J connectivity index is 2.03. The highest BCUT2D eigenvalue weighted by atomic mass is 16.5. The van der Waals surface area contributed by atoms with Gasteiger partial charge in [-0.1, -0.05) is 6.07 Å². The summed E-state index contributed by atoms with van der Waals surface area (Å²) < 4.78 is 5.05. The van der Waals surface area contributed by atoms with Crippen LogP contribution in [0.25, 0.3) is 0 Å². The second-order valence-electron chi connectivity index (χ2n) is 2.82. The Hall–Kier alpha value is -1.38. The molecule has 0 atom stereocenters. The van der Waals surface area contributed by atoms with E-state index >= 15 is 0 Å². The van der Waals surface area contributed by atoms with Crippen LogP contribution in [0.5, 0.6) is 0 Å². The van der Waals surface area contributed by atoms with Gasteiger partial charge in [-0.25, -0.2) is 9.78 Å². The molecule has 0 aromatic carbocycles. The van der Waals surface area contributed by atoms with Gasteiger partial charge in [0.15, 0.2) is 0 Å². The van der Waals surface area contributed by atoms with Crippen molar-refractivity contribution in [3.63, 3.8) is 0 Å². The molecule has 3 nitrogen and oxygen atoms in total. The van der Waals surface area contributed by atoms with Crippen LogP contribution in [-0.4, -0.2) is 17.1 Å². The van der Waals surface area contributed by atoms with Crippen LogP contribution in [0.3, 0.4) is 0 Å². The molecular formula is C9H9NO2. The third kappa shape index (κ3) is 1.61. The first kappa shape index (κ1) is 7.28. The lowest BCUT2D eigenvalue weighted by Gasteiger charge is -1.99. The molecule has 0 amide bonds. The molecule has 0 spiro atoms. The molecule has 12 heavy (non-hydrogen) atoms. The summed E-state index contributed by atoms with van der Waals surface area (Å²) in [6.45, 7) is 0. The summed E-state index contributed by atoms with van der Waals surface area (Å²) in [6.07, 6.45) is 3.74. The predicted molar refractivity (Wildman–Crippen MR) is 42.7 cm³/mol. The topological polar surface area (TPSA) is 39.2 Å². The normalized spacial score (nSPS) is 15.7. The summed E-state index contributed by atoms with van der Waals surface area (Å²) in [5, 5.41) is 0. The average molecular weight is 163 g/mol. The maximum Gasteiger partial charge on any atom is 0.357 e. The van der Waals surface area contributed by atoms with E-state index in [9.17, 15) is 4.79 Å². The van der Waals surface area contributed by atoms with E-state index in [2.05, 4.69) is 4.98 Å². The maximum atomic E-state index is 11.2. The molecule has 1 heterocycles. The van der Waals surface area contributed by atoms with E-state index in [-0.39, 0.29) is 12.1 Å². The van der Waals surface area contributed by atoms with Crippen molar-refractivity contribution in [3.05, 3.63) is 30.1 Å². The van der Waals surface area contributed by atoms with Crippen LogP contribution in [0, 0.1) is 0 Å².